The van der Waals surface area contributed by atoms with E-state index in [0.29, 0.717) is 19.5 Å². The number of amides is 1. The van der Waals surface area contributed by atoms with Gasteiger partial charge in [-0.25, -0.2) is 8.42 Å². The SMILES string of the molecule is CS(=O)(=O)c1ccc(CN2CC(Cl)CC2=O)cc1. The molecule has 1 atom stereocenters. The van der Waals surface area contributed by atoms with Crippen molar-refractivity contribution in [1.82, 2.24) is 4.90 Å². The van der Waals surface area contributed by atoms with Crippen molar-refractivity contribution in [3.8, 4) is 0 Å². The van der Waals surface area contributed by atoms with E-state index in [1.54, 1.807) is 29.2 Å². The van der Waals surface area contributed by atoms with Crippen LogP contribution in [-0.2, 0) is 21.2 Å². The maximum absolute atomic E-state index is 11.6. The van der Waals surface area contributed by atoms with E-state index in [4.69, 9.17) is 11.6 Å². The molecule has 0 bridgehead atoms. The van der Waals surface area contributed by atoms with Gasteiger partial charge >= 0.3 is 0 Å². The summed E-state index contributed by atoms with van der Waals surface area (Å²) < 4.78 is 22.6. The smallest absolute Gasteiger partial charge is 0.224 e. The molecule has 18 heavy (non-hydrogen) atoms. The molecule has 1 amide bonds. The molecule has 0 aromatic heterocycles. The van der Waals surface area contributed by atoms with Crippen molar-refractivity contribution in [1.29, 1.82) is 0 Å². The van der Waals surface area contributed by atoms with Crippen LogP contribution in [0.5, 0.6) is 0 Å². The summed E-state index contributed by atoms with van der Waals surface area (Å²) in [5.41, 5.74) is 0.904. The number of hydrogen-bond acceptors (Lipinski definition) is 3. The van der Waals surface area contributed by atoms with Crippen LogP contribution in [0.4, 0.5) is 0 Å². The summed E-state index contributed by atoms with van der Waals surface area (Å²) in [6.07, 6.45) is 1.55. The lowest BCUT2D eigenvalue weighted by Gasteiger charge is -2.15. The van der Waals surface area contributed by atoms with E-state index in [9.17, 15) is 13.2 Å². The van der Waals surface area contributed by atoms with Gasteiger partial charge in [-0.05, 0) is 17.7 Å². The lowest BCUT2D eigenvalue weighted by molar-refractivity contribution is -0.128. The average molecular weight is 288 g/mol. The van der Waals surface area contributed by atoms with Crippen LogP contribution in [0.2, 0.25) is 0 Å². The first-order chi connectivity index (χ1) is 8.36. The lowest BCUT2D eigenvalue weighted by atomic mass is 10.2. The third-order valence-electron chi connectivity index (χ3n) is 2.89. The molecular weight excluding hydrogens is 274 g/mol. The van der Waals surface area contributed by atoms with E-state index in [0.717, 1.165) is 5.56 Å². The molecule has 1 aromatic carbocycles. The number of alkyl halides is 1. The number of rotatable bonds is 3. The highest BCUT2D eigenvalue weighted by Crippen LogP contribution is 2.19. The van der Waals surface area contributed by atoms with Crippen molar-refractivity contribution in [3.63, 3.8) is 0 Å². The third-order valence-corrected chi connectivity index (χ3v) is 4.31. The summed E-state index contributed by atoms with van der Waals surface area (Å²) in [5, 5.41) is -0.118. The number of carbonyl (C=O) groups excluding carboxylic acids is 1. The highest BCUT2D eigenvalue weighted by atomic mass is 35.5. The summed E-state index contributed by atoms with van der Waals surface area (Å²) >= 11 is 5.91. The van der Waals surface area contributed by atoms with Gasteiger partial charge in [0.05, 0.1) is 10.3 Å². The molecule has 2 rings (SSSR count). The van der Waals surface area contributed by atoms with Gasteiger partial charge in [0.25, 0.3) is 0 Å². The molecule has 1 aliphatic heterocycles. The Morgan fingerprint density at radius 3 is 2.39 bits per heavy atom. The second-order valence-corrected chi connectivity index (χ2v) is 7.12. The molecule has 1 aromatic rings. The number of halogens is 1. The summed E-state index contributed by atoms with van der Waals surface area (Å²) in [5.74, 6) is 0.0437. The van der Waals surface area contributed by atoms with Gasteiger partial charge in [-0.1, -0.05) is 12.1 Å². The van der Waals surface area contributed by atoms with Gasteiger partial charge in [-0.2, -0.15) is 0 Å². The van der Waals surface area contributed by atoms with E-state index in [1.807, 2.05) is 0 Å². The number of likely N-dealkylation sites (tertiary alicyclic amines) is 1. The fourth-order valence-corrected chi connectivity index (χ4v) is 2.87. The normalized spacial score (nSPS) is 20.4. The summed E-state index contributed by atoms with van der Waals surface area (Å²) in [6, 6.07) is 6.57. The van der Waals surface area contributed by atoms with E-state index in [1.165, 1.54) is 6.26 Å². The van der Waals surface area contributed by atoms with Crippen molar-refractivity contribution < 1.29 is 13.2 Å². The number of carbonyl (C=O) groups is 1. The van der Waals surface area contributed by atoms with Crippen LogP contribution in [0.3, 0.4) is 0 Å². The Kier molecular flexibility index (Phi) is 3.64. The zero-order valence-corrected chi connectivity index (χ0v) is 11.5. The van der Waals surface area contributed by atoms with Crippen LogP contribution < -0.4 is 0 Å². The first kappa shape index (κ1) is 13.4. The molecule has 0 N–H and O–H groups in total. The van der Waals surface area contributed by atoms with Gasteiger partial charge in [-0.3, -0.25) is 4.79 Å². The molecule has 0 saturated carbocycles. The summed E-state index contributed by atoms with van der Waals surface area (Å²) in [6.45, 7) is 1.03. The highest BCUT2D eigenvalue weighted by Gasteiger charge is 2.27. The number of hydrogen-bond donors (Lipinski definition) is 0. The average Bonchev–Trinajstić information content (AvgIpc) is 2.57. The largest absolute Gasteiger partial charge is 0.337 e. The molecule has 1 unspecified atom stereocenters. The fraction of sp³-hybridized carbons (Fsp3) is 0.417. The standard InChI is InChI=1S/C12H14ClNO3S/c1-18(16,17)11-4-2-9(3-5-11)7-14-8-10(13)6-12(14)15/h2-5,10H,6-8H2,1H3. The van der Waals surface area contributed by atoms with Crippen LogP contribution >= 0.6 is 11.6 Å². The second-order valence-electron chi connectivity index (χ2n) is 4.49. The molecule has 1 fully saturated rings. The Bertz CT molecular complexity index is 553. The molecule has 6 heteroatoms. The number of nitrogens with zero attached hydrogens (tertiary/aromatic N) is 1. The van der Waals surface area contributed by atoms with Crippen LogP contribution in [0.1, 0.15) is 12.0 Å². The van der Waals surface area contributed by atoms with Gasteiger partial charge in [0.2, 0.25) is 5.91 Å². The van der Waals surface area contributed by atoms with Gasteiger partial charge in [0, 0.05) is 25.8 Å². The summed E-state index contributed by atoms with van der Waals surface area (Å²) in [7, 11) is -3.17. The maximum atomic E-state index is 11.6. The highest BCUT2D eigenvalue weighted by molar-refractivity contribution is 7.90. The Morgan fingerprint density at radius 1 is 1.33 bits per heavy atom. The second kappa shape index (κ2) is 4.90. The van der Waals surface area contributed by atoms with Gasteiger partial charge in [0.15, 0.2) is 9.84 Å². The monoisotopic (exact) mass is 287 g/mol. The minimum atomic E-state index is -3.17. The van der Waals surface area contributed by atoms with E-state index >= 15 is 0 Å². The van der Waals surface area contributed by atoms with Gasteiger partial charge in [0.1, 0.15) is 0 Å². The first-order valence-electron chi connectivity index (χ1n) is 5.57. The predicted molar refractivity (Wildman–Crippen MR) is 69.2 cm³/mol. The zero-order valence-electron chi connectivity index (χ0n) is 9.97. The van der Waals surface area contributed by atoms with Crippen molar-refractivity contribution >= 4 is 27.3 Å². The molecule has 1 saturated heterocycles. The van der Waals surface area contributed by atoms with E-state index < -0.39 is 9.84 Å². The first-order valence-corrected chi connectivity index (χ1v) is 7.90. The molecule has 98 valence electrons. The Hall–Kier alpha value is -1.07. The van der Waals surface area contributed by atoms with Crippen LogP contribution in [0.25, 0.3) is 0 Å². The lowest BCUT2D eigenvalue weighted by Crippen LogP contribution is -2.24. The molecule has 1 aliphatic rings. The van der Waals surface area contributed by atoms with E-state index in [-0.39, 0.29) is 16.2 Å². The number of sulfone groups is 1. The van der Waals surface area contributed by atoms with E-state index in [2.05, 4.69) is 0 Å². The van der Waals surface area contributed by atoms with Crippen molar-refractivity contribution in [2.24, 2.45) is 0 Å². The van der Waals surface area contributed by atoms with Crippen molar-refractivity contribution in [2.45, 2.75) is 23.2 Å². The molecule has 0 aliphatic carbocycles. The fourth-order valence-electron chi connectivity index (χ4n) is 1.94. The molecule has 0 spiro atoms. The van der Waals surface area contributed by atoms with Crippen LogP contribution in [0.15, 0.2) is 29.2 Å². The molecular formula is C12H14ClNO3S. The number of benzene rings is 1. The topological polar surface area (TPSA) is 54.5 Å². The van der Waals surface area contributed by atoms with Gasteiger partial charge in [-0.15, -0.1) is 11.6 Å². The minimum absolute atomic E-state index is 0.0437. The van der Waals surface area contributed by atoms with Gasteiger partial charge < -0.3 is 4.90 Å². The zero-order chi connectivity index (χ0) is 13.3. The maximum Gasteiger partial charge on any atom is 0.224 e. The molecule has 1 heterocycles. The Morgan fingerprint density at radius 2 is 1.94 bits per heavy atom. The van der Waals surface area contributed by atoms with Crippen molar-refractivity contribution in [3.05, 3.63) is 29.8 Å². The van der Waals surface area contributed by atoms with Crippen LogP contribution in [-0.4, -0.2) is 37.4 Å². The molecule has 4 nitrogen and oxygen atoms in total. The Balaban J connectivity index is 2.10. The van der Waals surface area contributed by atoms with Crippen LogP contribution in [0, 0.1) is 0 Å². The predicted octanol–water partition coefficient (Wildman–Crippen LogP) is 1.43. The summed E-state index contributed by atoms with van der Waals surface area (Å²) in [4.78, 5) is 13.5. The minimum Gasteiger partial charge on any atom is -0.337 e. The Labute approximate surface area is 111 Å². The van der Waals surface area contributed by atoms with Crippen molar-refractivity contribution in [2.75, 3.05) is 12.8 Å². The molecule has 0 radical (unpaired) electrons. The third kappa shape index (κ3) is 3.03. The quantitative estimate of drug-likeness (QED) is 0.790.